The van der Waals surface area contributed by atoms with Gasteiger partial charge in [0.15, 0.2) is 0 Å². The first kappa shape index (κ1) is 10.8. The molecule has 1 amide bonds. The molecular weight excluding hydrogens is 180 g/mol. The number of furan rings is 1. The molecule has 4 heteroatoms. The second-order valence-corrected chi connectivity index (χ2v) is 3.96. The van der Waals surface area contributed by atoms with Crippen LogP contribution in [0.5, 0.6) is 0 Å². The number of hydrogen-bond donors (Lipinski definition) is 2. The lowest BCUT2D eigenvalue weighted by Crippen LogP contribution is -2.42. The van der Waals surface area contributed by atoms with Crippen LogP contribution < -0.4 is 11.1 Å². The van der Waals surface area contributed by atoms with Gasteiger partial charge in [-0.15, -0.1) is 0 Å². The molecule has 0 radical (unpaired) electrons. The van der Waals surface area contributed by atoms with Crippen LogP contribution in [-0.2, 0) is 11.3 Å². The summed E-state index contributed by atoms with van der Waals surface area (Å²) in [4.78, 5) is 10.7. The lowest BCUT2D eigenvalue weighted by atomic mass is 10.0. The summed E-state index contributed by atoms with van der Waals surface area (Å²) in [5, 5.41) is 3.20. The molecule has 14 heavy (non-hydrogen) atoms. The van der Waals surface area contributed by atoms with E-state index in [-0.39, 0.29) is 11.4 Å². The highest BCUT2D eigenvalue weighted by atomic mass is 16.3. The molecule has 0 fully saturated rings. The van der Waals surface area contributed by atoms with Crippen LogP contribution in [0, 0.1) is 0 Å². The van der Waals surface area contributed by atoms with E-state index in [1.54, 1.807) is 6.26 Å². The predicted octanol–water partition coefficient (Wildman–Crippen LogP) is 1.02. The summed E-state index contributed by atoms with van der Waals surface area (Å²) in [5.41, 5.74) is 4.83. The Bertz CT molecular complexity index is 291. The lowest BCUT2D eigenvalue weighted by Gasteiger charge is -2.24. The van der Waals surface area contributed by atoms with Crippen molar-refractivity contribution in [2.75, 3.05) is 0 Å². The molecule has 0 aromatic carbocycles. The van der Waals surface area contributed by atoms with E-state index in [0.717, 1.165) is 5.76 Å². The van der Waals surface area contributed by atoms with Gasteiger partial charge in [0.25, 0.3) is 0 Å². The number of primary amides is 1. The zero-order chi connectivity index (χ0) is 10.6. The van der Waals surface area contributed by atoms with Gasteiger partial charge in [-0.05, 0) is 26.0 Å². The molecule has 0 aliphatic heterocycles. The Morgan fingerprint density at radius 2 is 2.36 bits per heavy atom. The molecule has 1 heterocycles. The minimum absolute atomic E-state index is 0.293. The summed E-state index contributed by atoms with van der Waals surface area (Å²) in [5.74, 6) is 0.546. The van der Waals surface area contributed by atoms with E-state index in [0.29, 0.717) is 13.0 Å². The number of amides is 1. The zero-order valence-electron chi connectivity index (χ0n) is 8.54. The average Bonchev–Trinajstić information content (AvgIpc) is 2.50. The quantitative estimate of drug-likeness (QED) is 0.738. The van der Waals surface area contributed by atoms with Gasteiger partial charge >= 0.3 is 0 Å². The van der Waals surface area contributed by atoms with Gasteiger partial charge in [0.1, 0.15) is 5.76 Å². The highest BCUT2D eigenvalue weighted by Gasteiger charge is 2.19. The molecule has 1 aromatic heterocycles. The van der Waals surface area contributed by atoms with Crippen LogP contribution in [-0.4, -0.2) is 11.4 Å². The first-order chi connectivity index (χ1) is 6.49. The van der Waals surface area contributed by atoms with E-state index in [2.05, 4.69) is 5.32 Å². The van der Waals surface area contributed by atoms with Gasteiger partial charge in [0, 0.05) is 12.0 Å². The summed E-state index contributed by atoms with van der Waals surface area (Å²) in [6.07, 6.45) is 1.94. The fraction of sp³-hybridized carbons (Fsp3) is 0.500. The third kappa shape index (κ3) is 3.62. The van der Waals surface area contributed by atoms with Crippen LogP contribution in [0.2, 0.25) is 0 Å². The lowest BCUT2D eigenvalue weighted by molar-refractivity contribution is -0.119. The Morgan fingerprint density at radius 3 is 2.86 bits per heavy atom. The average molecular weight is 196 g/mol. The Kier molecular flexibility index (Phi) is 3.30. The van der Waals surface area contributed by atoms with Crippen molar-refractivity contribution in [1.29, 1.82) is 0 Å². The molecule has 0 unspecified atom stereocenters. The Labute approximate surface area is 83.5 Å². The standard InChI is InChI=1S/C10H16N2O2/c1-10(2,6-9(11)13)12-7-8-4-3-5-14-8/h3-5,12H,6-7H2,1-2H3,(H2,11,13). The SMILES string of the molecule is CC(C)(CC(N)=O)NCc1ccco1. The smallest absolute Gasteiger partial charge is 0.219 e. The summed E-state index contributed by atoms with van der Waals surface area (Å²) >= 11 is 0. The molecule has 3 N–H and O–H groups in total. The molecule has 0 atom stereocenters. The van der Waals surface area contributed by atoms with Crippen molar-refractivity contribution in [2.45, 2.75) is 32.4 Å². The molecule has 0 aliphatic rings. The molecule has 0 spiro atoms. The molecule has 0 saturated heterocycles. The maximum atomic E-state index is 10.7. The number of nitrogens with two attached hydrogens (primary N) is 1. The van der Waals surface area contributed by atoms with E-state index in [9.17, 15) is 4.79 Å². The molecule has 0 saturated carbocycles. The molecule has 4 nitrogen and oxygen atoms in total. The summed E-state index contributed by atoms with van der Waals surface area (Å²) in [7, 11) is 0. The number of nitrogens with one attached hydrogen (secondary N) is 1. The third-order valence-corrected chi connectivity index (χ3v) is 1.94. The number of carbonyl (C=O) groups excluding carboxylic acids is 1. The Morgan fingerprint density at radius 1 is 1.64 bits per heavy atom. The summed E-state index contributed by atoms with van der Waals surface area (Å²) in [6.45, 7) is 4.47. The minimum Gasteiger partial charge on any atom is -0.468 e. The topological polar surface area (TPSA) is 68.3 Å². The van der Waals surface area contributed by atoms with Gasteiger partial charge in [0.05, 0.1) is 12.8 Å². The van der Waals surface area contributed by atoms with Crippen LogP contribution in [0.3, 0.4) is 0 Å². The van der Waals surface area contributed by atoms with Crippen molar-refractivity contribution in [3.63, 3.8) is 0 Å². The maximum Gasteiger partial charge on any atom is 0.219 e. The van der Waals surface area contributed by atoms with E-state index in [4.69, 9.17) is 10.2 Å². The van der Waals surface area contributed by atoms with Gasteiger partial charge in [0.2, 0.25) is 5.91 Å². The first-order valence-corrected chi connectivity index (χ1v) is 4.55. The number of hydrogen-bond acceptors (Lipinski definition) is 3. The number of rotatable bonds is 5. The molecule has 1 aromatic rings. The predicted molar refractivity (Wildman–Crippen MR) is 53.4 cm³/mol. The Balaban J connectivity index is 2.40. The van der Waals surface area contributed by atoms with Crippen LogP contribution in [0.25, 0.3) is 0 Å². The normalized spacial score (nSPS) is 11.6. The minimum atomic E-state index is -0.304. The van der Waals surface area contributed by atoms with E-state index < -0.39 is 0 Å². The Hall–Kier alpha value is -1.29. The van der Waals surface area contributed by atoms with Gasteiger partial charge in [-0.1, -0.05) is 0 Å². The van der Waals surface area contributed by atoms with Crippen molar-refractivity contribution in [3.05, 3.63) is 24.2 Å². The van der Waals surface area contributed by atoms with Crippen molar-refractivity contribution < 1.29 is 9.21 Å². The molecular formula is C10H16N2O2. The van der Waals surface area contributed by atoms with E-state index in [1.807, 2.05) is 26.0 Å². The second kappa shape index (κ2) is 4.28. The fourth-order valence-corrected chi connectivity index (χ4v) is 1.24. The number of carbonyl (C=O) groups is 1. The molecule has 0 aliphatic carbocycles. The largest absolute Gasteiger partial charge is 0.468 e. The molecule has 0 bridgehead atoms. The van der Waals surface area contributed by atoms with Crippen LogP contribution in [0.4, 0.5) is 0 Å². The maximum absolute atomic E-state index is 10.7. The molecule has 78 valence electrons. The third-order valence-electron chi connectivity index (χ3n) is 1.94. The van der Waals surface area contributed by atoms with E-state index in [1.165, 1.54) is 0 Å². The van der Waals surface area contributed by atoms with Crippen LogP contribution in [0.1, 0.15) is 26.0 Å². The van der Waals surface area contributed by atoms with Gasteiger partial charge < -0.3 is 15.5 Å². The monoisotopic (exact) mass is 196 g/mol. The van der Waals surface area contributed by atoms with Crippen molar-refractivity contribution in [1.82, 2.24) is 5.32 Å². The van der Waals surface area contributed by atoms with Crippen molar-refractivity contribution in [3.8, 4) is 0 Å². The summed E-state index contributed by atoms with van der Waals surface area (Å²) < 4.78 is 5.16. The van der Waals surface area contributed by atoms with Crippen molar-refractivity contribution in [2.24, 2.45) is 5.73 Å². The highest BCUT2D eigenvalue weighted by molar-refractivity contribution is 5.74. The van der Waals surface area contributed by atoms with Crippen molar-refractivity contribution >= 4 is 5.91 Å². The van der Waals surface area contributed by atoms with Gasteiger partial charge in [-0.25, -0.2) is 0 Å². The zero-order valence-corrected chi connectivity index (χ0v) is 8.54. The summed E-state index contributed by atoms with van der Waals surface area (Å²) in [6, 6.07) is 3.71. The fourth-order valence-electron chi connectivity index (χ4n) is 1.24. The highest BCUT2D eigenvalue weighted by Crippen LogP contribution is 2.09. The second-order valence-electron chi connectivity index (χ2n) is 3.96. The van der Waals surface area contributed by atoms with E-state index >= 15 is 0 Å². The molecule has 1 rings (SSSR count). The van der Waals surface area contributed by atoms with Gasteiger partial charge in [-0.3, -0.25) is 4.79 Å². The van der Waals surface area contributed by atoms with Crippen LogP contribution in [0.15, 0.2) is 22.8 Å². The first-order valence-electron chi connectivity index (χ1n) is 4.55. The van der Waals surface area contributed by atoms with Crippen LogP contribution >= 0.6 is 0 Å². The van der Waals surface area contributed by atoms with Gasteiger partial charge in [-0.2, -0.15) is 0 Å².